The standard InChI is InChI=1S/C33H40BBrF3N8O7P/c1-19(12-13-46-17-21(15-41-46)34-52-31(2,3)32(4,5)53-34)51-54(48,49)18-20-8-9-23(25(14-20)50-7)43-30-40-16-22(33(36,37)38)28(45-30)42-24-10-11-26(35)44-27(24)29(47)39-6/h8-11,14-17,19H,12-13,18H2,1-7H3,(H,39,47)(H,48,49)(H2,40,42,43,45)/t19-/m0/s1. The van der Waals surface area contributed by atoms with Gasteiger partial charge in [0.15, 0.2) is 5.69 Å². The van der Waals surface area contributed by atoms with Gasteiger partial charge in [-0.1, -0.05) is 6.07 Å². The van der Waals surface area contributed by atoms with Crippen LogP contribution in [0.15, 0.2) is 53.5 Å². The van der Waals surface area contributed by atoms with Crippen LogP contribution in [0, 0.1) is 0 Å². The number of methoxy groups -OCH3 is 1. The lowest BCUT2D eigenvalue weighted by atomic mass is 9.82. The van der Waals surface area contributed by atoms with E-state index in [1.165, 1.54) is 44.5 Å². The first-order valence-electron chi connectivity index (χ1n) is 16.6. The molecule has 4 heterocycles. The molecule has 2 atom stereocenters. The fourth-order valence-corrected chi connectivity index (χ4v) is 6.99. The Bertz CT molecular complexity index is 2040. The summed E-state index contributed by atoms with van der Waals surface area (Å²) in [7, 11) is -1.99. The summed E-state index contributed by atoms with van der Waals surface area (Å²) >= 11 is 3.16. The number of amides is 1. The molecule has 1 aliphatic rings. The molecule has 0 radical (unpaired) electrons. The summed E-state index contributed by atoms with van der Waals surface area (Å²) < 4.78 is 80.2. The van der Waals surface area contributed by atoms with Gasteiger partial charge in [0.2, 0.25) is 5.95 Å². The van der Waals surface area contributed by atoms with Gasteiger partial charge in [-0.2, -0.15) is 23.3 Å². The molecule has 3 aromatic heterocycles. The molecule has 1 unspecified atom stereocenters. The summed E-state index contributed by atoms with van der Waals surface area (Å²) in [6.45, 7) is 9.97. The van der Waals surface area contributed by atoms with Gasteiger partial charge in [0.05, 0.1) is 42.0 Å². The van der Waals surface area contributed by atoms with Crippen molar-refractivity contribution in [2.24, 2.45) is 0 Å². The van der Waals surface area contributed by atoms with Gasteiger partial charge in [-0.15, -0.1) is 0 Å². The molecule has 1 aromatic carbocycles. The number of pyridine rings is 1. The van der Waals surface area contributed by atoms with Gasteiger partial charge in [-0.3, -0.25) is 14.0 Å². The Balaban J connectivity index is 1.24. The van der Waals surface area contributed by atoms with Crippen molar-refractivity contribution in [1.29, 1.82) is 0 Å². The molecular weight excluding hydrogens is 799 g/mol. The molecule has 5 rings (SSSR count). The maximum atomic E-state index is 14.0. The highest BCUT2D eigenvalue weighted by molar-refractivity contribution is 9.10. The highest BCUT2D eigenvalue weighted by atomic mass is 79.9. The van der Waals surface area contributed by atoms with Gasteiger partial charge in [-0.25, -0.2) is 9.97 Å². The van der Waals surface area contributed by atoms with Crippen LogP contribution in [-0.4, -0.2) is 74.1 Å². The Hall–Kier alpha value is -4.07. The number of carbonyl (C=O) groups excluding carboxylic acids is 1. The zero-order valence-corrected chi connectivity index (χ0v) is 33.0. The number of anilines is 4. The second kappa shape index (κ2) is 16.0. The first-order chi connectivity index (χ1) is 25.2. The highest BCUT2D eigenvalue weighted by Gasteiger charge is 2.52. The van der Waals surface area contributed by atoms with Gasteiger partial charge in [0.25, 0.3) is 5.91 Å². The maximum Gasteiger partial charge on any atom is 0.498 e. The molecule has 1 amide bonds. The third kappa shape index (κ3) is 9.78. The predicted octanol–water partition coefficient (Wildman–Crippen LogP) is 6.18. The molecule has 4 aromatic rings. The van der Waals surface area contributed by atoms with Crippen molar-refractivity contribution in [2.45, 2.75) is 77.2 Å². The molecule has 0 saturated carbocycles. The van der Waals surface area contributed by atoms with E-state index in [9.17, 15) is 27.4 Å². The van der Waals surface area contributed by atoms with Crippen molar-refractivity contribution < 1.29 is 46.0 Å². The van der Waals surface area contributed by atoms with E-state index in [4.69, 9.17) is 18.6 Å². The lowest BCUT2D eigenvalue weighted by molar-refractivity contribution is -0.137. The molecule has 1 saturated heterocycles. The molecule has 4 N–H and O–H groups in total. The van der Waals surface area contributed by atoms with E-state index in [1.807, 2.05) is 33.9 Å². The van der Waals surface area contributed by atoms with E-state index in [-0.39, 0.29) is 34.9 Å². The van der Waals surface area contributed by atoms with Crippen LogP contribution in [-0.2, 0) is 37.3 Å². The number of hydrogen-bond donors (Lipinski definition) is 4. The van der Waals surface area contributed by atoms with E-state index in [0.29, 0.717) is 29.3 Å². The number of hydrogen-bond acceptors (Lipinski definition) is 12. The number of benzene rings is 1. The third-order valence-electron chi connectivity index (χ3n) is 8.83. The summed E-state index contributed by atoms with van der Waals surface area (Å²) in [6.07, 6.45) is -1.33. The van der Waals surface area contributed by atoms with Crippen LogP contribution in [0.1, 0.15) is 62.7 Å². The van der Waals surface area contributed by atoms with Crippen molar-refractivity contribution in [3.8, 4) is 5.75 Å². The first-order valence-corrected chi connectivity index (χ1v) is 19.2. The number of alkyl halides is 3. The van der Waals surface area contributed by atoms with Crippen molar-refractivity contribution in [2.75, 3.05) is 24.8 Å². The maximum absolute atomic E-state index is 14.0. The van der Waals surface area contributed by atoms with Gasteiger partial charge < -0.3 is 39.4 Å². The number of ether oxygens (including phenoxy) is 1. The Morgan fingerprint density at radius 3 is 2.43 bits per heavy atom. The molecule has 1 aliphatic heterocycles. The number of aryl methyl sites for hydroxylation is 1. The van der Waals surface area contributed by atoms with Crippen LogP contribution in [0.3, 0.4) is 0 Å². The fourth-order valence-electron chi connectivity index (χ4n) is 5.28. The fraction of sp³-hybridized carbons (Fsp3) is 0.424. The van der Waals surface area contributed by atoms with Gasteiger partial charge >= 0.3 is 20.9 Å². The summed E-state index contributed by atoms with van der Waals surface area (Å²) in [5, 5.41) is 12.1. The van der Waals surface area contributed by atoms with E-state index in [0.717, 1.165) is 5.46 Å². The van der Waals surface area contributed by atoms with Gasteiger partial charge in [-0.05, 0) is 86.8 Å². The van der Waals surface area contributed by atoms with E-state index >= 15 is 0 Å². The molecule has 1 fully saturated rings. The van der Waals surface area contributed by atoms with Crippen molar-refractivity contribution in [3.63, 3.8) is 0 Å². The number of aromatic nitrogens is 5. The SMILES string of the molecule is CNC(=O)c1nc(Br)ccc1Nc1nc(Nc2ccc(CP(=O)(O)O[C@@H](C)CCn3cc(B4OC(C)(C)C(C)(C)O4)cn3)cc2OC)ncc1C(F)(F)F. The van der Waals surface area contributed by atoms with Crippen molar-refractivity contribution >= 4 is 65.2 Å². The average Bonchev–Trinajstić information content (AvgIpc) is 3.64. The molecule has 54 heavy (non-hydrogen) atoms. The average molecular weight is 839 g/mol. The second-order valence-corrected chi connectivity index (χ2v) is 16.1. The largest absolute Gasteiger partial charge is 0.498 e. The minimum atomic E-state index is -4.84. The normalized spacial score (nSPS) is 16.8. The van der Waals surface area contributed by atoms with Crippen LogP contribution in [0.4, 0.5) is 36.3 Å². The van der Waals surface area contributed by atoms with E-state index < -0.39 is 55.5 Å². The zero-order valence-electron chi connectivity index (χ0n) is 30.5. The smallest absolute Gasteiger partial charge is 0.495 e. The Morgan fingerprint density at radius 2 is 1.78 bits per heavy atom. The lowest BCUT2D eigenvalue weighted by Gasteiger charge is -2.32. The number of nitrogens with one attached hydrogen (secondary N) is 3. The van der Waals surface area contributed by atoms with E-state index in [2.05, 4.69) is 51.9 Å². The third-order valence-corrected chi connectivity index (χ3v) is 10.7. The molecule has 0 bridgehead atoms. The minimum absolute atomic E-state index is 0.0342. The number of carbonyl (C=O) groups is 1. The van der Waals surface area contributed by atoms with Crippen LogP contribution in [0.5, 0.6) is 5.75 Å². The number of halogens is 4. The van der Waals surface area contributed by atoms with Crippen LogP contribution in [0.2, 0.25) is 0 Å². The number of nitrogens with zero attached hydrogens (tertiary/aromatic N) is 5. The molecule has 0 aliphatic carbocycles. The van der Waals surface area contributed by atoms with Crippen molar-refractivity contribution in [3.05, 3.63) is 70.3 Å². The second-order valence-electron chi connectivity index (χ2n) is 13.5. The Kier molecular flexibility index (Phi) is 12.1. The molecule has 21 heteroatoms. The molecule has 15 nitrogen and oxygen atoms in total. The molecule has 290 valence electrons. The molecule has 0 spiro atoms. The van der Waals surface area contributed by atoms with Gasteiger partial charge in [0.1, 0.15) is 21.7 Å². The van der Waals surface area contributed by atoms with Crippen LogP contribution in [0.25, 0.3) is 0 Å². The Morgan fingerprint density at radius 1 is 1.09 bits per heavy atom. The summed E-state index contributed by atoms with van der Waals surface area (Å²) in [5.74, 6) is -1.34. The Labute approximate surface area is 318 Å². The molecular formula is C33H40BBrF3N8O7P. The summed E-state index contributed by atoms with van der Waals surface area (Å²) in [5.41, 5.74) is -0.964. The predicted molar refractivity (Wildman–Crippen MR) is 199 cm³/mol. The summed E-state index contributed by atoms with van der Waals surface area (Å²) in [6, 6.07) is 7.36. The minimum Gasteiger partial charge on any atom is -0.495 e. The summed E-state index contributed by atoms with van der Waals surface area (Å²) in [4.78, 5) is 35.1. The monoisotopic (exact) mass is 838 g/mol. The van der Waals surface area contributed by atoms with Crippen molar-refractivity contribution in [1.82, 2.24) is 30.0 Å². The number of rotatable bonds is 14. The van der Waals surface area contributed by atoms with E-state index in [1.54, 1.807) is 17.8 Å². The van der Waals surface area contributed by atoms with Crippen LogP contribution < -0.4 is 26.2 Å². The lowest BCUT2D eigenvalue weighted by Crippen LogP contribution is -2.41. The van der Waals surface area contributed by atoms with Crippen LogP contribution >= 0.6 is 23.5 Å². The topological polar surface area (TPSA) is 184 Å². The zero-order chi connectivity index (χ0) is 39.6. The highest BCUT2D eigenvalue weighted by Crippen LogP contribution is 2.48. The first kappa shape index (κ1) is 41.1. The van der Waals surface area contributed by atoms with Gasteiger partial charge in [0, 0.05) is 37.6 Å². The quantitative estimate of drug-likeness (QED) is 0.0642.